The molecule has 2 aromatic rings. The van der Waals surface area contributed by atoms with Crippen molar-refractivity contribution in [2.45, 2.75) is 32.4 Å². The van der Waals surface area contributed by atoms with Crippen LogP contribution in [-0.4, -0.2) is 24.0 Å². The number of carbonyl (C=O) groups is 2. The number of nitrogens with one attached hydrogen (secondary N) is 1. The fraction of sp³-hybridized carbons (Fsp3) is 0.300. The van der Waals surface area contributed by atoms with Crippen molar-refractivity contribution in [3.05, 3.63) is 59.1 Å². The van der Waals surface area contributed by atoms with Gasteiger partial charge in [0.15, 0.2) is 5.60 Å². The zero-order valence-electron chi connectivity index (χ0n) is 14.8. The summed E-state index contributed by atoms with van der Waals surface area (Å²) in [5.41, 5.74) is 0.715. The van der Waals surface area contributed by atoms with Crippen molar-refractivity contribution in [2.24, 2.45) is 0 Å². The number of rotatable bonds is 5. The van der Waals surface area contributed by atoms with E-state index in [9.17, 15) is 9.59 Å². The van der Waals surface area contributed by atoms with Crippen molar-refractivity contribution in [3.63, 3.8) is 0 Å². The van der Waals surface area contributed by atoms with Gasteiger partial charge in [0.2, 0.25) is 5.91 Å². The summed E-state index contributed by atoms with van der Waals surface area (Å²) in [4.78, 5) is 26.5. The number of ether oxygens (including phenoxy) is 1. The first-order chi connectivity index (χ1) is 12.4. The Kier molecular flexibility index (Phi) is 5.18. The van der Waals surface area contributed by atoms with Crippen LogP contribution in [0.2, 0.25) is 5.02 Å². The van der Waals surface area contributed by atoms with E-state index in [0.29, 0.717) is 29.5 Å². The monoisotopic (exact) mass is 372 g/mol. The minimum absolute atomic E-state index is 0.116. The van der Waals surface area contributed by atoms with Crippen LogP contribution in [0.25, 0.3) is 0 Å². The van der Waals surface area contributed by atoms with Crippen molar-refractivity contribution in [1.82, 2.24) is 5.32 Å². The number of amides is 2. The SMILES string of the molecule is CC1(C)Oc2ccccc2N(CCC(=O)NCc2ccc(Cl)cc2)C1=O. The largest absolute Gasteiger partial charge is 0.476 e. The van der Waals surface area contributed by atoms with Crippen molar-refractivity contribution < 1.29 is 14.3 Å². The Labute approximate surface area is 157 Å². The standard InChI is InChI=1S/C20H21ClN2O3/c1-20(2)19(25)23(16-5-3-4-6-17(16)26-20)12-11-18(24)22-13-14-7-9-15(21)10-8-14/h3-10H,11-13H2,1-2H3,(H,22,24). The van der Waals surface area contributed by atoms with Gasteiger partial charge in [0.05, 0.1) is 5.69 Å². The van der Waals surface area contributed by atoms with Crippen LogP contribution in [0.3, 0.4) is 0 Å². The van der Waals surface area contributed by atoms with Gasteiger partial charge in [-0.15, -0.1) is 0 Å². The lowest BCUT2D eigenvalue weighted by molar-refractivity contribution is -0.132. The van der Waals surface area contributed by atoms with E-state index in [1.807, 2.05) is 36.4 Å². The molecule has 0 unspecified atom stereocenters. The third-order valence-electron chi connectivity index (χ3n) is 4.25. The van der Waals surface area contributed by atoms with E-state index >= 15 is 0 Å². The molecule has 0 atom stereocenters. The van der Waals surface area contributed by atoms with Crippen LogP contribution in [0.4, 0.5) is 5.69 Å². The highest BCUT2D eigenvalue weighted by Gasteiger charge is 2.40. The molecule has 0 radical (unpaired) electrons. The van der Waals surface area contributed by atoms with Crippen LogP contribution >= 0.6 is 11.6 Å². The number of nitrogens with zero attached hydrogens (tertiary/aromatic N) is 1. The first kappa shape index (κ1) is 18.3. The molecule has 1 N–H and O–H groups in total. The third-order valence-corrected chi connectivity index (χ3v) is 4.50. The summed E-state index contributed by atoms with van der Waals surface area (Å²) < 4.78 is 5.78. The van der Waals surface area contributed by atoms with Crippen LogP contribution in [0, 0.1) is 0 Å². The number of carbonyl (C=O) groups excluding carboxylic acids is 2. The molecule has 0 aliphatic carbocycles. The van der Waals surface area contributed by atoms with Gasteiger partial charge in [0.1, 0.15) is 5.75 Å². The minimum atomic E-state index is -0.950. The zero-order valence-corrected chi connectivity index (χ0v) is 15.5. The molecular formula is C20H21ClN2O3. The molecule has 136 valence electrons. The highest BCUT2D eigenvalue weighted by Crippen LogP contribution is 2.37. The molecule has 6 heteroatoms. The molecule has 0 aromatic heterocycles. The average molecular weight is 373 g/mol. The molecule has 0 saturated carbocycles. The molecule has 3 rings (SSSR count). The van der Waals surface area contributed by atoms with E-state index in [2.05, 4.69) is 5.32 Å². The van der Waals surface area contributed by atoms with Gasteiger partial charge < -0.3 is 15.0 Å². The number of hydrogen-bond acceptors (Lipinski definition) is 3. The molecular weight excluding hydrogens is 352 g/mol. The fourth-order valence-corrected chi connectivity index (χ4v) is 2.97. The lowest BCUT2D eigenvalue weighted by Crippen LogP contribution is -2.53. The van der Waals surface area contributed by atoms with Crippen molar-refractivity contribution in [1.29, 1.82) is 0 Å². The van der Waals surface area contributed by atoms with Crippen molar-refractivity contribution in [3.8, 4) is 5.75 Å². The molecule has 0 fully saturated rings. The van der Waals surface area contributed by atoms with E-state index in [1.165, 1.54) is 0 Å². The molecule has 26 heavy (non-hydrogen) atoms. The molecule has 2 aromatic carbocycles. The molecule has 5 nitrogen and oxygen atoms in total. The van der Waals surface area contributed by atoms with E-state index in [-0.39, 0.29) is 18.2 Å². The van der Waals surface area contributed by atoms with Crippen LogP contribution in [-0.2, 0) is 16.1 Å². The summed E-state index contributed by atoms with van der Waals surface area (Å²) >= 11 is 5.85. The van der Waals surface area contributed by atoms with Gasteiger partial charge in [-0.2, -0.15) is 0 Å². The molecule has 0 bridgehead atoms. The smallest absolute Gasteiger partial charge is 0.270 e. The van der Waals surface area contributed by atoms with Gasteiger partial charge in [-0.05, 0) is 43.7 Å². The van der Waals surface area contributed by atoms with Gasteiger partial charge in [-0.1, -0.05) is 35.9 Å². The Bertz CT molecular complexity index is 818. The number of benzene rings is 2. The maximum atomic E-state index is 12.7. The van der Waals surface area contributed by atoms with Gasteiger partial charge in [0.25, 0.3) is 5.91 Å². The summed E-state index contributed by atoms with van der Waals surface area (Å²) in [6.07, 6.45) is 0.212. The second kappa shape index (κ2) is 7.38. The second-order valence-corrected chi connectivity index (χ2v) is 7.13. The number of anilines is 1. The average Bonchev–Trinajstić information content (AvgIpc) is 2.61. The van der Waals surface area contributed by atoms with Gasteiger partial charge in [0, 0.05) is 24.5 Å². The highest BCUT2D eigenvalue weighted by atomic mass is 35.5. The quantitative estimate of drug-likeness (QED) is 0.873. The fourth-order valence-electron chi connectivity index (χ4n) is 2.85. The third kappa shape index (κ3) is 3.99. The molecule has 0 spiro atoms. The van der Waals surface area contributed by atoms with Crippen molar-refractivity contribution >= 4 is 29.1 Å². The molecule has 2 amide bonds. The maximum Gasteiger partial charge on any atom is 0.270 e. The molecule has 1 heterocycles. The van der Waals surface area contributed by atoms with Gasteiger partial charge >= 0.3 is 0 Å². The summed E-state index contributed by atoms with van der Waals surface area (Å²) in [7, 11) is 0. The van der Waals surface area contributed by atoms with Crippen molar-refractivity contribution in [2.75, 3.05) is 11.4 Å². The number of hydrogen-bond donors (Lipinski definition) is 1. The Balaban J connectivity index is 1.62. The number of fused-ring (bicyclic) bond motifs is 1. The van der Waals surface area contributed by atoms with Crippen LogP contribution in [0.1, 0.15) is 25.8 Å². The zero-order chi connectivity index (χ0) is 18.7. The second-order valence-electron chi connectivity index (χ2n) is 6.69. The lowest BCUT2D eigenvalue weighted by Gasteiger charge is -2.38. The Morgan fingerprint density at radius 2 is 1.85 bits per heavy atom. The first-order valence-electron chi connectivity index (χ1n) is 8.48. The van der Waals surface area contributed by atoms with E-state index in [0.717, 1.165) is 5.56 Å². The predicted molar refractivity (Wildman–Crippen MR) is 101 cm³/mol. The summed E-state index contributed by atoms with van der Waals surface area (Å²) in [5, 5.41) is 3.53. The summed E-state index contributed by atoms with van der Waals surface area (Å²) in [5.74, 6) is 0.384. The Morgan fingerprint density at radius 1 is 1.15 bits per heavy atom. The Hall–Kier alpha value is -2.53. The summed E-state index contributed by atoms with van der Waals surface area (Å²) in [6.45, 7) is 4.20. The van der Waals surface area contributed by atoms with E-state index < -0.39 is 5.60 Å². The molecule has 1 aliphatic rings. The van der Waals surface area contributed by atoms with E-state index in [4.69, 9.17) is 16.3 Å². The lowest BCUT2D eigenvalue weighted by atomic mass is 10.0. The molecule has 0 saturated heterocycles. The van der Waals surface area contributed by atoms with E-state index in [1.54, 1.807) is 30.9 Å². The minimum Gasteiger partial charge on any atom is -0.476 e. The van der Waals surface area contributed by atoms with Crippen LogP contribution in [0.5, 0.6) is 5.75 Å². The number of para-hydroxylation sites is 2. The maximum absolute atomic E-state index is 12.7. The normalized spacial score (nSPS) is 15.2. The van der Waals surface area contributed by atoms with Gasteiger partial charge in [-0.3, -0.25) is 9.59 Å². The first-order valence-corrected chi connectivity index (χ1v) is 8.86. The van der Waals surface area contributed by atoms with Crippen LogP contribution in [0.15, 0.2) is 48.5 Å². The molecule has 1 aliphatic heterocycles. The number of halogens is 1. The highest BCUT2D eigenvalue weighted by molar-refractivity contribution is 6.30. The van der Waals surface area contributed by atoms with Crippen LogP contribution < -0.4 is 15.0 Å². The predicted octanol–water partition coefficient (Wildman–Crippen LogP) is 3.55. The Morgan fingerprint density at radius 3 is 2.58 bits per heavy atom. The van der Waals surface area contributed by atoms with Gasteiger partial charge in [-0.25, -0.2) is 0 Å². The summed E-state index contributed by atoms with van der Waals surface area (Å²) in [6, 6.07) is 14.7. The topological polar surface area (TPSA) is 58.6 Å².